The molecule has 2 aromatic rings. The summed E-state index contributed by atoms with van der Waals surface area (Å²) in [6.07, 6.45) is 2.60. The van der Waals surface area contributed by atoms with Gasteiger partial charge in [0.15, 0.2) is 5.11 Å². The maximum absolute atomic E-state index is 12.6. The Bertz CT molecular complexity index is 804. The van der Waals surface area contributed by atoms with E-state index in [0.29, 0.717) is 30.4 Å². The SMILES string of the molecule is C=CCOc1ccc(NC(=S)NC(=O)c2ccccc2OCCC(C)C)cc1. The normalized spacial score (nSPS) is 10.2. The van der Waals surface area contributed by atoms with Gasteiger partial charge in [-0.1, -0.05) is 38.6 Å². The molecule has 0 spiro atoms. The molecule has 0 saturated heterocycles. The second kappa shape index (κ2) is 11.1. The Morgan fingerprint density at radius 1 is 1.14 bits per heavy atom. The lowest BCUT2D eigenvalue weighted by Crippen LogP contribution is -2.34. The summed E-state index contributed by atoms with van der Waals surface area (Å²) in [4.78, 5) is 12.6. The lowest BCUT2D eigenvalue weighted by Gasteiger charge is -2.14. The highest BCUT2D eigenvalue weighted by molar-refractivity contribution is 7.80. The Morgan fingerprint density at radius 2 is 1.86 bits per heavy atom. The smallest absolute Gasteiger partial charge is 0.261 e. The van der Waals surface area contributed by atoms with Gasteiger partial charge in [-0.05, 0) is 61.0 Å². The molecule has 0 radical (unpaired) electrons. The van der Waals surface area contributed by atoms with E-state index in [-0.39, 0.29) is 11.0 Å². The Hall–Kier alpha value is -2.86. The minimum absolute atomic E-state index is 0.210. The van der Waals surface area contributed by atoms with Crippen LogP contribution in [0.1, 0.15) is 30.6 Å². The van der Waals surface area contributed by atoms with Crippen LogP contribution in [0, 0.1) is 5.92 Å². The predicted molar refractivity (Wildman–Crippen MR) is 117 cm³/mol. The molecule has 0 unspecified atom stereocenters. The van der Waals surface area contributed by atoms with Crippen LogP contribution in [-0.2, 0) is 0 Å². The fraction of sp³-hybridized carbons (Fsp3) is 0.273. The largest absolute Gasteiger partial charge is 0.493 e. The molecule has 2 N–H and O–H groups in total. The average Bonchev–Trinajstić information content (AvgIpc) is 2.67. The second-order valence-corrected chi connectivity index (χ2v) is 6.97. The van der Waals surface area contributed by atoms with E-state index in [0.717, 1.165) is 17.9 Å². The first-order valence-electron chi connectivity index (χ1n) is 9.17. The van der Waals surface area contributed by atoms with Crippen LogP contribution in [0.4, 0.5) is 5.69 Å². The number of ether oxygens (including phenoxy) is 2. The molecule has 6 heteroatoms. The maximum atomic E-state index is 12.6. The van der Waals surface area contributed by atoms with Crippen molar-refractivity contribution in [2.24, 2.45) is 5.92 Å². The van der Waals surface area contributed by atoms with Gasteiger partial charge in [0.1, 0.15) is 18.1 Å². The van der Waals surface area contributed by atoms with Gasteiger partial charge in [-0.25, -0.2) is 0 Å². The molecule has 28 heavy (non-hydrogen) atoms. The van der Waals surface area contributed by atoms with Crippen molar-refractivity contribution in [2.75, 3.05) is 18.5 Å². The number of hydrogen-bond acceptors (Lipinski definition) is 4. The van der Waals surface area contributed by atoms with Crippen LogP contribution in [0.3, 0.4) is 0 Å². The van der Waals surface area contributed by atoms with Gasteiger partial charge in [0, 0.05) is 5.69 Å². The van der Waals surface area contributed by atoms with Crippen molar-refractivity contribution in [1.82, 2.24) is 5.32 Å². The minimum Gasteiger partial charge on any atom is -0.493 e. The summed E-state index contributed by atoms with van der Waals surface area (Å²) in [5.74, 6) is 1.50. The summed E-state index contributed by atoms with van der Waals surface area (Å²) < 4.78 is 11.2. The summed E-state index contributed by atoms with van der Waals surface area (Å²) in [6.45, 7) is 8.87. The van der Waals surface area contributed by atoms with E-state index in [1.54, 1.807) is 24.3 Å². The van der Waals surface area contributed by atoms with Gasteiger partial charge in [-0.2, -0.15) is 0 Å². The molecule has 0 heterocycles. The summed E-state index contributed by atoms with van der Waals surface area (Å²) in [5.41, 5.74) is 1.20. The van der Waals surface area contributed by atoms with Gasteiger partial charge in [0.2, 0.25) is 0 Å². The molecule has 0 aliphatic carbocycles. The van der Waals surface area contributed by atoms with Gasteiger partial charge in [0.05, 0.1) is 12.2 Å². The van der Waals surface area contributed by atoms with Gasteiger partial charge >= 0.3 is 0 Å². The molecule has 0 fully saturated rings. The fourth-order valence-electron chi connectivity index (χ4n) is 2.31. The summed E-state index contributed by atoms with van der Waals surface area (Å²) in [5, 5.41) is 5.89. The summed E-state index contributed by atoms with van der Waals surface area (Å²) >= 11 is 5.25. The average molecular weight is 399 g/mol. The Kier molecular flexibility index (Phi) is 8.49. The Balaban J connectivity index is 1.93. The van der Waals surface area contributed by atoms with Crippen LogP contribution in [-0.4, -0.2) is 24.2 Å². The van der Waals surface area contributed by atoms with Crippen molar-refractivity contribution in [2.45, 2.75) is 20.3 Å². The van der Waals surface area contributed by atoms with Crippen molar-refractivity contribution in [3.63, 3.8) is 0 Å². The molecule has 2 aromatic carbocycles. The van der Waals surface area contributed by atoms with Gasteiger partial charge in [0.25, 0.3) is 5.91 Å². The second-order valence-electron chi connectivity index (χ2n) is 6.56. The van der Waals surface area contributed by atoms with Crippen molar-refractivity contribution in [3.8, 4) is 11.5 Å². The first-order chi connectivity index (χ1) is 13.5. The number of thiocarbonyl (C=S) groups is 1. The third-order valence-electron chi connectivity index (χ3n) is 3.79. The van der Waals surface area contributed by atoms with E-state index in [1.165, 1.54) is 0 Å². The van der Waals surface area contributed by atoms with Crippen LogP contribution < -0.4 is 20.1 Å². The van der Waals surface area contributed by atoms with E-state index in [4.69, 9.17) is 21.7 Å². The number of carbonyl (C=O) groups is 1. The highest BCUT2D eigenvalue weighted by Gasteiger charge is 2.14. The molecular formula is C22H26N2O3S. The zero-order valence-corrected chi connectivity index (χ0v) is 17.1. The fourth-order valence-corrected chi connectivity index (χ4v) is 2.52. The topological polar surface area (TPSA) is 59.6 Å². The highest BCUT2D eigenvalue weighted by atomic mass is 32.1. The molecule has 0 aromatic heterocycles. The molecule has 5 nitrogen and oxygen atoms in total. The molecule has 0 bridgehead atoms. The van der Waals surface area contributed by atoms with E-state index >= 15 is 0 Å². The molecule has 148 valence electrons. The number of para-hydroxylation sites is 1. The zero-order valence-electron chi connectivity index (χ0n) is 16.2. The lowest BCUT2D eigenvalue weighted by atomic mass is 10.1. The van der Waals surface area contributed by atoms with Crippen LogP contribution >= 0.6 is 12.2 Å². The third kappa shape index (κ3) is 7.04. The zero-order chi connectivity index (χ0) is 20.4. The molecule has 1 amide bonds. The lowest BCUT2D eigenvalue weighted by molar-refractivity contribution is 0.0973. The predicted octanol–water partition coefficient (Wildman–Crippen LogP) is 4.80. The van der Waals surface area contributed by atoms with Crippen molar-refractivity contribution >= 4 is 28.9 Å². The standard InChI is InChI=1S/C22H26N2O3S/c1-4-14-26-18-11-9-17(10-12-18)23-22(28)24-21(25)19-7-5-6-8-20(19)27-15-13-16(2)3/h4-12,16H,1,13-15H2,2-3H3,(H2,23,24,25,28). The van der Waals surface area contributed by atoms with Crippen LogP contribution in [0.2, 0.25) is 0 Å². The summed E-state index contributed by atoms with van der Waals surface area (Å²) in [7, 11) is 0. The maximum Gasteiger partial charge on any atom is 0.261 e. The van der Waals surface area contributed by atoms with Gasteiger partial charge in [-0.15, -0.1) is 0 Å². The van der Waals surface area contributed by atoms with E-state index in [9.17, 15) is 4.79 Å². The number of carbonyl (C=O) groups excluding carboxylic acids is 1. The first-order valence-corrected chi connectivity index (χ1v) is 9.58. The van der Waals surface area contributed by atoms with Crippen molar-refractivity contribution in [1.29, 1.82) is 0 Å². The van der Waals surface area contributed by atoms with Crippen LogP contribution in [0.15, 0.2) is 61.2 Å². The van der Waals surface area contributed by atoms with E-state index in [1.807, 2.05) is 30.3 Å². The van der Waals surface area contributed by atoms with Crippen LogP contribution in [0.5, 0.6) is 11.5 Å². The van der Waals surface area contributed by atoms with E-state index < -0.39 is 0 Å². The third-order valence-corrected chi connectivity index (χ3v) is 4.00. The van der Waals surface area contributed by atoms with Gasteiger partial charge < -0.3 is 14.8 Å². The highest BCUT2D eigenvalue weighted by Crippen LogP contribution is 2.19. The summed E-state index contributed by atoms with van der Waals surface area (Å²) in [6, 6.07) is 14.4. The van der Waals surface area contributed by atoms with Crippen molar-refractivity contribution < 1.29 is 14.3 Å². The van der Waals surface area contributed by atoms with E-state index in [2.05, 4.69) is 31.1 Å². The quantitative estimate of drug-likeness (QED) is 0.469. The number of nitrogens with one attached hydrogen (secondary N) is 2. The number of anilines is 1. The Morgan fingerprint density at radius 3 is 2.54 bits per heavy atom. The molecule has 0 aliphatic heterocycles. The molecule has 0 saturated carbocycles. The molecule has 0 atom stereocenters. The molecule has 0 aliphatic rings. The van der Waals surface area contributed by atoms with Crippen LogP contribution in [0.25, 0.3) is 0 Å². The molecule has 2 rings (SSSR count). The minimum atomic E-state index is -0.316. The van der Waals surface area contributed by atoms with Crippen molar-refractivity contribution in [3.05, 3.63) is 66.7 Å². The number of amides is 1. The Labute approximate surface area is 171 Å². The molecular weight excluding hydrogens is 372 g/mol. The van der Waals surface area contributed by atoms with Gasteiger partial charge in [-0.3, -0.25) is 10.1 Å². The number of hydrogen-bond donors (Lipinski definition) is 2. The number of benzene rings is 2. The first kappa shape index (κ1) is 21.4. The number of rotatable bonds is 9. The monoisotopic (exact) mass is 398 g/mol.